The standard InChI is InChI=1S/C48H37N3O7S.C46H36O8S.C9H13N3O4S.C4H9F3O3SSi.CH4O.CH3O.Na/c49-41-28-29-51(48(55)50-41)44-43(58-47(54)39-26-20-36(21-27-39)33-14-8-3-9-15-33)42(57-46(53)38-24-18-35(19-25-38)32-12-6-2-7-13-32)40(59-44)30-56-45(52)37-22-16-34(17-23-37)31-10-4-1-5-11-31;1-30(47)52-46-42(54-45(50)39-27-21-36(22-28-39)33-15-9-4-10-16-33)41(53-44(49)38-25-19-35(20-26-38)32-13-7-3-8-14-32)40(55-46)29-51-43(48)37-23-17-34(18-24-37)31-11-5-2-6-12-31;10-5-1-2-12(9(16)11-5)8-7(15)6(14)4(3-13)17-8;1-12(2,3)10-11(8,9)4(5,6)7;2*1-2;/h1-29,40,42-44H,30H2,(H2,49,50,55);2-28,40-42,46H,29H2,1H3;1-2,4,6-8,13-15H,3H2,(H2,10,11,16);1-3H3;2H,1H3;1H3;/q;;;;;-1;+1/t40-,42-,43+,44+;40-,41-,42+,46?;4-,6-,7+,8+;;;;/m000..../s1. The van der Waals surface area contributed by atoms with Gasteiger partial charge in [0.15, 0.2) is 29.9 Å². The van der Waals surface area contributed by atoms with Crippen LogP contribution >= 0.6 is 35.3 Å². The maximum atomic E-state index is 14.0. The number of aliphatic hydroxyl groups excluding tert-OH is 4. The third kappa shape index (κ3) is 30.9. The smallest absolute Gasteiger partial charge is 0.857 e. The second-order valence-corrected chi connectivity index (χ2v) is 43.8. The van der Waals surface area contributed by atoms with Crippen molar-refractivity contribution in [1.29, 1.82) is 0 Å². The van der Waals surface area contributed by atoms with E-state index in [1.807, 2.05) is 255 Å². The Morgan fingerprint density at radius 3 is 0.878 bits per heavy atom. The average Bonchev–Trinajstić information content (AvgIpc) is 1.61. The van der Waals surface area contributed by atoms with Crippen LogP contribution in [0.15, 0.2) is 362 Å². The van der Waals surface area contributed by atoms with E-state index in [2.05, 4.69) is 13.8 Å². The van der Waals surface area contributed by atoms with Gasteiger partial charge in [-0.3, -0.25) is 13.9 Å². The molecule has 8 N–H and O–H groups in total. The molecule has 12 aromatic carbocycles. The summed E-state index contributed by atoms with van der Waals surface area (Å²) in [7, 11) is -6.35. The van der Waals surface area contributed by atoms with Crippen LogP contribution in [0.5, 0.6) is 0 Å². The molecule has 0 spiro atoms. The van der Waals surface area contributed by atoms with Crippen molar-refractivity contribution in [3.8, 4) is 66.8 Å². The number of hydrogen-bond acceptors (Lipinski definition) is 31. The van der Waals surface area contributed by atoms with Crippen molar-refractivity contribution in [3.63, 3.8) is 0 Å². The predicted octanol–water partition coefficient (Wildman–Crippen LogP) is 13.5. The van der Waals surface area contributed by atoms with Gasteiger partial charge in [0.2, 0.25) is 8.32 Å². The van der Waals surface area contributed by atoms with E-state index in [-0.39, 0.29) is 83.3 Å². The fraction of sp³-hybridized carbons (Fsp3) is 0.202. The van der Waals surface area contributed by atoms with E-state index in [0.29, 0.717) is 11.1 Å². The van der Waals surface area contributed by atoms with Crippen LogP contribution in [0.25, 0.3) is 66.8 Å². The fourth-order valence-electron chi connectivity index (χ4n) is 15.2. The Bertz CT molecular complexity index is 7000. The summed E-state index contributed by atoms with van der Waals surface area (Å²) in [5.41, 5.74) is 16.6. The topological polar surface area (TPSA) is 453 Å². The van der Waals surface area contributed by atoms with Crippen molar-refractivity contribution in [2.45, 2.75) is 101 Å². The monoisotopic (exact) mass is 2110 g/mol. The van der Waals surface area contributed by atoms with Crippen LogP contribution in [0.3, 0.4) is 0 Å². The summed E-state index contributed by atoms with van der Waals surface area (Å²) in [5.74, 6) is -4.50. The van der Waals surface area contributed by atoms with E-state index in [9.17, 15) is 75.0 Å². The number of carbonyl (C=O) groups is 7. The van der Waals surface area contributed by atoms with Crippen LogP contribution in [-0.4, -0.2) is 195 Å². The number of benzene rings is 12. The first-order chi connectivity index (χ1) is 70.6. The zero-order chi connectivity index (χ0) is 106. The van der Waals surface area contributed by atoms with Gasteiger partial charge in [0.25, 0.3) is 0 Å². The molecule has 0 bridgehead atoms. The van der Waals surface area contributed by atoms with Crippen LogP contribution < -0.4 is 57.5 Å². The molecule has 762 valence electrons. The molecule has 5 heterocycles. The number of aliphatic hydroxyl groups is 4. The Labute approximate surface area is 886 Å². The van der Waals surface area contributed by atoms with Gasteiger partial charge in [0, 0.05) is 26.4 Å². The third-order valence-electron chi connectivity index (χ3n) is 22.3. The molecule has 3 saturated heterocycles. The van der Waals surface area contributed by atoms with Gasteiger partial charge in [0.1, 0.15) is 41.7 Å². The molecule has 39 heteroatoms. The molecule has 0 saturated carbocycles. The number of carbonyl (C=O) groups excluding carboxylic acids is 7. The van der Waals surface area contributed by atoms with E-state index >= 15 is 0 Å². The van der Waals surface area contributed by atoms with Crippen molar-refractivity contribution in [3.05, 3.63) is 406 Å². The molecule has 0 radical (unpaired) electrons. The first kappa shape index (κ1) is 114. The summed E-state index contributed by atoms with van der Waals surface area (Å²) < 4.78 is 104. The molecule has 3 aliphatic rings. The number of ether oxygens (including phenoxy) is 7. The maximum absolute atomic E-state index is 14.0. The number of nitrogen functional groups attached to an aromatic ring is 2. The number of anilines is 2. The summed E-state index contributed by atoms with van der Waals surface area (Å²) >= 11 is 3.38. The minimum absolute atomic E-state index is 0. The summed E-state index contributed by atoms with van der Waals surface area (Å²) in [5, 5.41) is 40.0. The zero-order valence-corrected chi connectivity index (χ0v) is 87.0. The Balaban J connectivity index is 0.000000215. The first-order valence-electron chi connectivity index (χ1n) is 45.4. The van der Waals surface area contributed by atoms with Crippen molar-refractivity contribution in [2.24, 2.45) is 0 Å². The predicted molar refractivity (Wildman–Crippen MR) is 555 cm³/mol. The van der Waals surface area contributed by atoms with E-state index in [4.69, 9.17) is 59.9 Å². The normalized spacial score (nSPS) is 18.4. The average molecular weight is 2120 g/mol. The Morgan fingerprint density at radius 1 is 0.372 bits per heavy atom. The molecule has 1 unspecified atom stereocenters. The van der Waals surface area contributed by atoms with Crippen LogP contribution in [0.2, 0.25) is 19.6 Å². The van der Waals surface area contributed by atoms with E-state index in [1.54, 1.807) is 72.8 Å². The summed E-state index contributed by atoms with van der Waals surface area (Å²) in [4.78, 5) is 127. The van der Waals surface area contributed by atoms with Gasteiger partial charge in [0.05, 0.1) is 61.8 Å². The van der Waals surface area contributed by atoms with E-state index in [1.165, 1.54) is 60.2 Å². The molecule has 3 fully saturated rings. The molecule has 0 amide bonds. The zero-order valence-electron chi connectivity index (χ0n) is 80.7. The minimum atomic E-state index is -5.39. The number of nitrogens with two attached hydrogens (primary N) is 2. The largest absolute Gasteiger partial charge is 1.00 e. The number of hydrogen-bond donors (Lipinski definition) is 6. The third-order valence-corrected chi connectivity index (χ3v) is 30.3. The molecule has 148 heavy (non-hydrogen) atoms. The molecular weight excluding hydrogens is 2010 g/mol. The van der Waals surface area contributed by atoms with Crippen LogP contribution in [-0.2, 0) is 51.9 Å². The van der Waals surface area contributed by atoms with E-state index < -0.39 is 146 Å². The van der Waals surface area contributed by atoms with Crippen LogP contribution in [0.4, 0.5) is 24.8 Å². The quantitative estimate of drug-likeness (QED) is 0.0127. The number of rotatable bonds is 26. The molecule has 17 rings (SSSR count). The van der Waals surface area contributed by atoms with Gasteiger partial charge in [-0.2, -0.15) is 38.7 Å². The Hall–Kier alpha value is -13.9. The number of alkyl halides is 3. The van der Waals surface area contributed by atoms with Gasteiger partial charge in [-0.05, 0) is 171 Å². The number of esters is 7. The number of aromatic nitrogens is 4. The van der Waals surface area contributed by atoms with Gasteiger partial charge < -0.3 is 74.0 Å². The van der Waals surface area contributed by atoms with Crippen LogP contribution in [0, 0.1) is 0 Å². The molecule has 2 aromatic heterocycles. The molecular formula is C109H102F3N6NaO24S4Si. The molecule has 14 aromatic rings. The summed E-state index contributed by atoms with van der Waals surface area (Å²) in [6.07, 6.45) is -4.13. The fourth-order valence-corrected chi connectivity index (χ4v) is 22.6. The van der Waals surface area contributed by atoms with E-state index in [0.717, 1.165) is 116 Å². The van der Waals surface area contributed by atoms with Crippen LogP contribution in [0.1, 0.15) is 79.8 Å². The Kier molecular flexibility index (Phi) is 41.8. The van der Waals surface area contributed by atoms with Gasteiger partial charge in [-0.25, -0.2) is 38.4 Å². The number of thioether (sulfide) groups is 3. The molecule has 3 aliphatic heterocycles. The molecule has 12 atom stereocenters. The first-order valence-corrected chi connectivity index (χ1v) is 53.1. The van der Waals surface area contributed by atoms with Gasteiger partial charge in [-0.1, -0.05) is 255 Å². The number of nitrogens with zero attached hydrogens (tertiary/aromatic N) is 4. The van der Waals surface area contributed by atoms with Gasteiger partial charge in [-0.15, -0.1) is 35.3 Å². The SMILES string of the molecule is CC(=O)OC1S[C@@H](COC(=O)c2ccc(-c3ccccc3)cc2)[C@H](OC(=O)c2ccc(-c3ccccc3)cc2)[C@H]1OC(=O)c1ccc(-c2ccccc2)cc1.CO.C[O-].C[Si](C)(C)OS(=O)(=O)C(F)(F)F.Nc1ccn([C@@H]2S[C@@H](CO)[C@H](O)[C@H]2O)c(=O)n1.Nc1ccn([C@@H]2S[C@@H](COC(=O)c3ccc(-c4ccccc4)cc3)[C@H](OC(=O)c3ccc(-c4ccccc4)cc3)[C@H]2OC(=O)c2ccc(-c3ccccc3)cc2)c(=O)n1.[Na+]. The maximum Gasteiger partial charge on any atom is 1.00 e. The summed E-state index contributed by atoms with van der Waals surface area (Å²) in [6.45, 7) is 4.57. The summed E-state index contributed by atoms with van der Waals surface area (Å²) in [6, 6.07) is 103. The number of halogens is 3. The molecule has 30 nitrogen and oxygen atoms in total. The van der Waals surface area contributed by atoms with Gasteiger partial charge >= 0.3 is 98.3 Å². The van der Waals surface area contributed by atoms with Crippen molar-refractivity contribution >= 4 is 107 Å². The molecule has 0 aliphatic carbocycles. The minimum Gasteiger partial charge on any atom is -0.857 e. The second-order valence-electron chi connectivity index (χ2n) is 33.5. The Morgan fingerprint density at radius 2 is 0.622 bits per heavy atom. The second kappa shape index (κ2) is 54.1. The van der Waals surface area contributed by atoms with Crippen molar-refractivity contribution < 1.29 is 147 Å². The van der Waals surface area contributed by atoms with Crippen molar-refractivity contribution in [1.82, 2.24) is 19.1 Å². The van der Waals surface area contributed by atoms with Crippen molar-refractivity contribution in [2.75, 3.05) is 45.5 Å².